The standard InChI is InChI=1S/C14H17N3O2S.ClH/c1-9-3-4-12(19-2)10(7-9)11-8-20-14(16-11)17-13(18)5-6-15;/h3-4,7-8H,5-6,15H2,1-2H3,(H,16,17,18);1H. The molecule has 0 aliphatic heterocycles. The fourth-order valence-corrected chi connectivity index (χ4v) is 2.52. The molecule has 0 atom stereocenters. The molecule has 0 aliphatic carbocycles. The van der Waals surface area contributed by atoms with E-state index in [1.165, 1.54) is 11.3 Å². The Morgan fingerprint density at radius 2 is 2.24 bits per heavy atom. The second-order valence-electron chi connectivity index (χ2n) is 4.33. The van der Waals surface area contributed by atoms with Gasteiger partial charge in [-0.25, -0.2) is 4.98 Å². The molecule has 1 aromatic heterocycles. The maximum absolute atomic E-state index is 11.5. The lowest BCUT2D eigenvalue weighted by molar-refractivity contribution is -0.116. The maximum atomic E-state index is 11.5. The number of ether oxygens (including phenoxy) is 1. The van der Waals surface area contributed by atoms with E-state index in [9.17, 15) is 4.79 Å². The van der Waals surface area contributed by atoms with Gasteiger partial charge in [0.05, 0.1) is 12.8 Å². The van der Waals surface area contributed by atoms with E-state index in [-0.39, 0.29) is 18.3 Å². The van der Waals surface area contributed by atoms with Crippen LogP contribution in [0.3, 0.4) is 0 Å². The van der Waals surface area contributed by atoms with Crippen molar-refractivity contribution in [3.63, 3.8) is 0 Å². The fourth-order valence-electron chi connectivity index (χ4n) is 1.79. The Bertz CT molecular complexity index is 616. The van der Waals surface area contributed by atoms with Crippen molar-refractivity contribution in [2.24, 2.45) is 5.73 Å². The first-order valence-electron chi connectivity index (χ1n) is 6.24. The van der Waals surface area contributed by atoms with E-state index >= 15 is 0 Å². The highest BCUT2D eigenvalue weighted by atomic mass is 35.5. The summed E-state index contributed by atoms with van der Waals surface area (Å²) in [6.45, 7) is 2.34. The SMILES string of the molecule is COc1ccc(C)cc1-c1csc(NC(=O)CCN)n1.Cl. The number of aromatic nitrogens is 1. The van der Waals surface area contributed by atoms with Crippen LogP contribution in [0.15, 0.2) is 23.6 Å². The minimum Gasteiger partial charge on any atom is -0.496 e. The molecule has 1 aromatic carbocycles. The molecule has 0 saturated heterocycles. The number of halogens is 1. The molecule has 3 N–H and O–H groups in total. The van der Waals surface area contributed by atoms with Gasteiger partial charge in [-0.1, -0.05) is 11.6 Å². The van der Waals surface area contributed by atoms with Gasteiger partial charge in [0, 0.05) is 23.9 Å². The third-order valence-electron chi connectivity index (χ3n) is 2.75. The van der Waals surface area contributed by atoms with Gasteiger partial charge < -0.3 is 15.8 Å². The number of carbonyl (C=O) groups is 1. The molecule has 0 bridgehead atoms. The van der Waals surface area contributed by atoms with Crippen LogP contribution < -0.4 is 15.8 Å². The van der Waals surface area contributed by atoms with Crippen LogP contribution in [0.4, 0.5) is 5.13 Å². The van der Waals surface area contributed by atoms with Gasteiger partial charge in [0.25, 0.3) is 0 Å². The number of hydrogen-bond acceptors (Lipinski definition) is 5. The molecule has 2 aromatic rings. The van der Waals surface area contributed by atoms with Gasteiger partial charge in [-0.05, 0) is 19.1 Å². The summed E-state index contributed by atoms with van der Waals surface area (Å²) in [4.78, 5) is 15.9. The average molecular weight is 328 g/mol. The van der Waals surface area contributed by atoms with Crippen LogP contribution in [0.5, 0.6) is 5.75 Å². The zero-order valence-corrected chi connectivity index (χ0v) is 13.5. The first kappa shape index (κ1) is 17.4. The Labute approximate surface area is 133 Å². The Kier molecular flexibility index (Phi) is 6.61. The Morgan fingerprint density at radius 1 is 1.48 bits per heavy atom. The normalized spacial score (nSPS) is 9.86. The molecule has 21 heavy (non-hydrogen) atoms. The first-order chi connectivity index (χ1) is 9.63. The van der Waals surface area contributed by atoms with E-state index in [2.05, 4.69) is 10.3 Å². The van der Waals surface area contributed by atoms with Crippen molar-refractivity contribution in [2.75, 3.05) is 19.0 Å². The number of thiazole rings is 1. The number of nitrogens with zero attached hydrogens (tertiary/aromatic N) is 1. The van der Waals surface area contributed by atoms with E-state index in [0.717, 1.165) is 22.6 Å². The van der Waals surface area contributed by atoms with Crippen molar-refractivity contribution >= 4 is 34.8 Å². The number of carbonyl (C=O) groups excluding carboxylic acids is 1. The third-order valence-corrected chi connectivity index (χ3v) is 3.51. The topological polar surface area (TPSA) is 77.2 Å². The van der Waals surface area contributed by atoms with Crippen molar-refractivity contribution in [3.05, 3.63) is 29.1 Å². The summed E-state index contributed by atoms with van der Waals surface area (Å²) in [7, 11) is 1.63. The Hall–Kier alpha value is -1.63. The van der Waals surface area contributed by atoms with E-state index in [1.807, 2.05) is 30.5 Å². The summed E-state index contributed by atoms with van der Waals surface area (Å²) in [5.41, 5.74) is 8.18. The molecule has 0 unspecified atom stereocenters. The molecule has 114 valence electrons. The van der Waals surface area contributed by atoms with Crippen LogP contribution in [0, 0.1) is 6.92 Å². The molecule has 1 amide bonds. The van der Waals surface area contributed by atoms with Crippen molar-refractivity contribution < 1.29 is 9.53 Å². The van der Waals surface area contributed by atoms with Gasteiger partial charge in [0.15, 0.2) is 5.13 Å². The number of nitrogens with two attached hydrogens (primary N) is 1. The van der Waals surface area contributed by atoms with Crippen LogP contribution in [0.2, 0.25) is 0 Å². The molecule has 0 saturated carbocycles. The van der Waals surface area contributed by atoms with Crippen molar-refractivity contribution in [3.8, 4) is 17.0 Å². The number of amides is 1. The zero-order chi connectivity index (χ0) is 14.5. The van der Waals surface area contributed by atoms with Gasteiger partial charge >= 0.3 is 0 Å². The molecule has 0 fully saturated rings. The van der Waals surface area contributed by atoms with E-state index in [4.69, 9.17) is 10.5 Å². The van der Waals surface area contributed by atoms with Crippen molar-refractivity contribution in [1.82, 2.24) is 4.98 Å². The molecule has 0 aliphatic rings. The highest BCUT2D eigenvalue weighted by Crippen LogP contribution is 2.32. The molecular formula is C14H18ClN3O2S. The van der Waals surface area contributed by atoms with Crippen LogP contribution >= 0.6 is 23.7 Å². The molecule has 1 heterocycles. The second-order valence-corrected chi connectivity index (χ2v) is 5.19. The summed E-state index contributed by atoms with van der Waals surface area (Å²) in [6.07, 6.45) is 0.294. The van der Waals surface area contributed by atoms with Crippen LogP contribution in [0.25, 0.3) is 11.3 Å². The lowest BCUT2D eigenvalue weighted by Crippen LogP contribution is -2.15. The van der Waals surface area contributed by atoms with Crippen molar-refractivity contribution in [1.29, 1.82) is 0 Å². The average Bonchev–Trinajstić information content (AvgIpc) is 2.87. The smallest absolute Gasteiger partial charge is 0.227 e. The minimum atomic E-state index is -0.121. The van der Waals surface area contributed by atoms with Gasteiger partial charge in [0.2, 0.25) is 5.91 Å². The highest BCUT2D eigenvalue weighted by molar-refractivity contribution is 7.14. The number of methoxy groups -OCH3 is 1. The Balaban J connectivity index is 0.00000220. The van der Waals surface area contributed by atoms with Crippen molar-refractivity contribution in [2.45, 2.75) is 13.3 Å². The van der Waals surface area contributed by atoms with Crippen LogP contribution in [-0.2, 0) is 4.79 Å². The summed E-state index contributed by atoms with van der Waals surface area (Å²) in [5, 5.41) is 5.20. The second kappa shape index (κ2) is 7.97. The van der Waals surface area contributed by atoms with Gasteiger partial charge in [-0.15, -0.1) is 23.7 Å². The van der Waals surface area contributed by atoms with Gasteiger partial charge in [-0.2, -0.15) is 0 Å². The molecule has 0 radical (unpaired) electrons. The zero-order valence-electron chi connectivity index (χ0n) is 11.9. The number of anilines is 1. The predicted molar refractivity (Wildman–Crippen MR) is 88.4 cm³/mol. The minimum absolute atomic E-state index is 0. The highest BCUT2D eigenvalue weighted by Gasteiger charge is 2.11. The number of rotatable bonds is 5. The van der Waals surface area contributed by atoms with Crippen LogP contribution in [-0.4, -0.2) is 24.5 Å². The lowest BCUT2D eigenvalue weighted by atomic mass is 10.1. The number of nitrogens with one attached hydrogen (secondary N) is 1. The van der Waals surface area contributed by atoms with E-state index < -0.39 is 0 Å². The fraction of sp³-hybridized carbons (Fsp3) is 0.286. The summed E-state index contributed by atoms with van der Waals surface area (Å²) < 4.78 is 5.34. The maximum Gasteiger partial charge on any atom is 0.227 e. The quantitative estimate of drug-likeness (QED) is 0.885. The number of hydrogen-bond donors (Lipinski definition) is 2. The molecule has 7 heteroatoms. The van der Waals surface area contributed by atoms with Gasteiger partial charge in [-0.3, -0.25) is 4.79 Å². The predicted octanol–water partition coefficient (Wildman–Crippen LogP) is 2.84. The van der Waals surface area contributed by atoms with E-state index in [1.54, 1.807) is 7.11 Å². The number of benzene rings is 1. The van der Waals surface area contributed by atoms with E-state index in [0.29, 0.717) is 18.1 Å². The molecule has 2 rings (SSSR count). The first-order valence-corrected chi connectivity index (χ1v) is 7.12. The largest absolute Gasteiger partial charge is 0.496 e. The number of aryl methyl sites for hydroxylation is 1. The molecule has 0 spiro atoms. The van der Waals surface area contributed by atoms with Crippen LogP contribution in [0.1, 0.15) is 12.0 Å². The molecular weight excluding hydrogens is 310 g/mol. The summed E-state index contributed by atoms with van der Waals surface area (Å²) >= 11 is 1.38. The monoisotopic (exact) mass is 327 g/mol. The molecule has 5 nitrogen and oxygen atoms in total. The third kappa shape index (κ3) is 4.42. The Morgan fingerprint density at radius 3 is 2.90 bits per heavy atom. The van der Waals surface area contributed by atoms with Gasteiger partial charge in [0.1, 0.15) is 5.75 Å². The lowest BCUT2D eigenvalue weighted by Gasteiger charge is -2.07. The summed E-state index contributed by atoms with van der Waals surface area (Å²) in [5.74, 6) is 0.644. The summed E-state index contributed by atoms with van der Waals surface area (Å²) in [6, 6.07) is 5.91.